The largest absolute Gasteiger partial charge is 0.348 e. The Hall–Kier alpha value is -1.46. The number of hydrogen-bond donors (Lipinski definition) is 1. The van der Waals surface area contributed by atoms with E-state index in [2.05, 4.69) is 16.8 Å². The summed E-state index contributed by atoms with van der Waals surface area (Å²) in [4.78, 5) is 19.7. The van der Waals surface area contributed by atoms with Crippen LogP contribution >= 0.6 is 0 Å². The van der Waals surface area contributed by atoms with Gasteiger partial charge < -0.3 is 10.6 Å². The molecule has 0 saturated heterocycles. The van der Waals surface area contributed by atoms with Crippen molar-refractivity contribution in [1.82, 2.24) is 14.8 Å². The van der Waals surface area contributed by atoms with Gasteiger partial charge in [-0.1, -0.05) is 6.92 Å². The lowest BCUT2D eigenvalue weighted by atomic mass is 10.1. The summed E-state index contributed by atoms with van der Waals surface area (Å²) in [6.45, 7) is 3.84. The number of aromatic nitrogens is 1. The Balaban J connectivity index is 2.86. The van der Waals surface area contributed by atoms with Crippen LogP contribution in [0.1, 0.15) is 24.9 Å². The third kappa shape index (κ3) is 4.61. The van der Waals surface area contributed by atoms with Crippen LogP contribution in [0.4, 0.5) is 0 Å². The van der Waals surface area contributed by atoms with Crippen molar-refractivity contribution < 1.29 is 4.79 Å². The third-order valence-corrected chi connectivity index (χ3v) is 3.10. The van der Waals surface area contributed by atoms with Gasteiger partial charge in [0.2, 0.25) is 5.91 Å². The first-order valence-corrected chi connectivity index (χ1v) is 6.64. The fourth-order valence-electron chi connectivity index (χ4n) is 2.03. The number of rotatable bonds is 7. The summed E-state index contributed by atoms with van der Waals surface area (Å²) in [5.74, 6) is 0.0981. The van der Waals surface area contributed by atoms with Gasteiger partial charge in [0.25, 0.3) is 0 Å². The van der Waals surface area contributed by atoms with Gasteiger partial charge in [0.05, 0.1) is 6.54 Å². The highest BCUT2D eigenvalue weighted by Gasteiger charge is 2.21. The zero-order chi connectivity index (χ0) is 14.3. The van der Waals surface area contributed by atoms with E-state index in [1.54, 1.807) is 31.4 Å². The van der Waals surface area contributed by atoms with Crippen LogP contribution in [0, 0.1) is 0 Å². The van der Waals surface area contributed by atoms with E-state index in [1.807, 2.05) is 12.1 Å². The number of carbonyl (C=O) groups is 1. The molecule has 5 heteroatoms. The Kier molecular flexibility index (Phi) is 6.45. The van der Waals surface area contributed by atoms with E-state index in [1.165, 1.54) is 0 Å². The first kappa shape index (κ1) is 15.6. The average molecular weight is 264 g/mol. The number of likely N-dealkylation sites (N-methyl/N-ethyl adjacent to an activating group) is 1. The minimum absolute atomic E-state index is 0.0619. The molecular weight excluding hydrogens is 240 g/mol. The SMILES string of the molecule is CCCN(CC(=O)N(C)C)C(CN)c1ccncc1. The fraction of sp³-hybridized carbons (Fsp3) is 0.571. The van der Waals surface area contributed by atoms with E-state index < -0.39 is 0 Å². The molecule has 1 atom stereocenters. The summed E-state index contributed by atoms with van der Waals surface area (Å²) in [7, 11) is 3.55. The molecule has 1 amide bonds. The molecule has 0 radical (unpaired) electrons. The molecule has 0 aliphatic rings. The summed E-state index contributed by atoms with van der Waals surface area (Å²) in [5, 5.41) is 0. The second kappa shape index (κ2) is 7.86. The Labute approximate surface area is 115 Å². The summed E-state index contributed by atoms with van der Waals surface area (Å²) in [6.07, 6.45) is 4.51. The molecule has 0 saturated carbocycles. The fourth-order valence-corrected chi connectivity index (χ4v) is 2.03. The van der Waals surface area contributed by atoms with Gasteiger partial charge in [-0.2, -0.15) is 0 Å². The molecule has 106 valence electrons. The van der Waals surface area contributed by atoms with Gasteiger partial charge >= 0.3 is 0 Å². The zero-order valence-corrected chi connectivity index (χ0v) is 12.0. The highest BCUT2D eigenvalue weighted by Crippen LogP contribution is 2.19. The van der Waals surface area contributed by atoms with Gasteiger partial charge in [-0.3, -0.25) is 14.7 Å². The number of pyridine rings is 1. The second-order valence-corrected chi connectivity index (χ2v) is 4.79. The second-order valence-electron chi connectivity index (χ2n) is 4.79. The van der Waals surface area contributed by atoms with E-state index in [-0.39, 0.29) is 11.9 Å². The normalized spacial score (nSPS) is 12.5. The van der Waals surface area contributed by atoms with Gasteiger partial charge in [-0.25, -0.2) is 0 Å². The van der Waals surface area contributed by atoms with E-state index in [0.717, 1.165) is 18.5 Å². The summed E-state index contributed by atoms with van der Waals surface area (Å²) in [6, 6.07) is 3.98. The Morgan fingerprint density at radius 3 is 2.47 bits per heavy atom. The lowest BCUT2D eigenvalue weighted by molar-refractivity contribution is -0.130. The zero-order valence-electron chi connectivity index (χ0n) is 12.0. The predicted molar refractivity (Wildman–Crippen MR) is 76.6 cm³/mol. The topological polar surface area (TPSA) is 62.5 Å². The molecule has 0 fully saturated rings. The smallest absolute Gasteiger partial charge is 0.236 e. The maximum absolute atomic E-state index is 11.9. The minimum atomic E-state index is 0.0619. The highest BCUT2D eigenvalue weighted by atomic mass is 16.2. The van der Waals surface area contributed by atoms with Crippen molar-refractivity contribution in [2.24, 2.45) is 5.73 Å². The molecule has 19 heavy (non-hydrogen) atoms. The molecule has 1 unspecified atom stereocenters. The van der Waals surface area contributed by atoms with E-state index >= 15 is 0 Å². The molecule has 0 spiro atoms. The van der Waals surface area contributed by atoms with E-state index in [4.69, 9.17) is 5.73 Å². The van der Waals surface area contributed by atoms with E-state index in [9.17, 15) is 4.79 Å². The van der Waals surface area contributed by atoms with Gasteiger partial charge in [-0.05, 0) is 30.7 Å². The monoisotopic (exact) mass is 264 g/mol. The molecule has 2 N–H and O–H groups in total. The molecule has 1 heterocycles. The first-order valence-electron chi connectivity index (χ1n) is 6.64. The molecule has 0 aliphatic heterocycles. The van der Waals surface area contributed by atoms with Crippen LogP contribution in [-0.4, -0.2) is 54.4 Å². The minimum Gasteiger partial charge on any atom is -0.348 e. The lowest BCUT2D eigenvalue weighted by Crippen LogP contribution is -2.41. The molecule has 1 rings (SSSR count). The van der Waals surface area contributed by atoms with Crippen LogP contribution in [0.2, 0.25) is 0 Å². The first-order chi connectivity index (χ1) is 9.10. The highest BCUT2D eigenvalue weighted by molar-refractivity contribution is 5.77. The molecular formula is C14H24N4O. The number of nitrogens with zero attached hydrogens (tertiary/aromatic N) is 3. The predicted octanol–water partition coefficient (Wildman–Crippen LogP) is 0.882. The molecule has 0 bridgehead atoms. The standard InChI is InChI=1S/C14H24N4O/c1-4-9-18(11-14(19)17(2)3)13(10-15)12-5-7-16-8-6-12/h5-8,13H,4,9-11,15H2,1-3H3. The lowest BCUT2D eigenvalue weighted by Gasteiger charge is -2.31. The number of carbonyl (C=O) groups excluding carboxylic acids is 1. The van der Waals surface area contributed by atoms with Crippen LogP contribution in [0.3, 0.4) is 0 Å². The maximum Gasteiger partial charge on any atom is 0.236 e. The Morgan fingerprint density at radius 2 is 2.00 bits per heavy atom. The third-order valence-electron chi connectivity index (χ3n) is 3.10. The van der Waals surface area contributed by atoms with Crippen LogP contribution in [0.25, 0.3) is 0 Å². The Morgan fingerprint density at radius 1 is 1.37 bits per heavy atom. The molecule has 1 aromatic heterocycles. The maximum atomic E-state index is 11.9. The van der Waals surface area contributed by atoms with Gasteiger partial charge in [-0.15, -0.1) is 0 Å². The summed E-state index contributed by atoms with van der Waals surface area (Å²) < 4.78 is 0. The van der Waals surface area contributed by atoms with E-state index in [0.29, 0.717) is 13.1 Å². The molecule has 0 aromatic carbocycles. The van der Waals surface area contributed by atoms with Crippen LogP contribution in [-0.2, 0) is 4.79 Å². The van der Waals surface area contributed by atoms with Crippen LogP contribution in [0.15, 0.2) is 24.5 Å². The van der Waals surface area contributed by atoms with Crippen molar-refractivity contribution in [1.29, 1.82) is 0 Å². The molecule has 1 aromatic rings. The summed E-state index contributed by atoms with van der Waals surface area (Å²) >= 11 is 0. The van der Waals surface area contributed by atoms with Crippen molar-refractivity contribution in [2.75, 3.05) is 33.7 Å². The number of hydrogen-bond acceptors (Lipinski definition) is 4. The molecule has 5 nitrogen and oxygen atoms in total. The van der Waals surface area contributed by atoms with Crippen molar-refractivity contribution in [3.8, 4) is 0 Å². The average Bonchev–Trinajstić information content (AvgIpc) is 2.40. The number of amides is 1. The van der Waals surface area contributed by atoms with Crippen molar-refractivity contribution >= 4 is 5.91 Å². The Bertz CT molecular complexity index is 380. The molecule has 0 aliphatic carbocycles. The van der Waals surface area contributed by atoms with Crippen molar-refractivity contribution in [3.05, 3.63) is 30.1 Å². The van der Waals surface area contributed by atoms with Crippen molar-refractivity contribution in [2.45, 2.75) is 19.4 Å². The van der Waals surface area contributed by atoms with Crippen molar-refractivity contribution in [3.63, 3.8) is 0 Å². The number of nitrogens with two attached hydrogens (primary N) is 1. The van der Waals surface area contributed by atoms with Gasteiger partial charge in [0, 0.05) is 39.1 Å². The van der Waals surface area contributed by atoms with Crippen LogP contribution < -0.4 is 5.73 Å². The van der Waals surface area contributed by atoms with Crippen LogP contribution in [0.5, 0.6) is 0 Å². The quantitative estimate of drug-likeness (QED) is 0.794. The van der Waals surface area contributed by atoms with Gasteiger partial charge in [0.15, 0.2) is 0 Å². The van der Waals surface area contributed by atoms with Gasteiger partial charge in [0.1, 0.15) is 0 Å². The summed E-state index contributed by atoms with van der Waals surface area (Å²) in [5.41, 5.74) is 7.01.